The molecule has 0 amide bonds. The Bertz CT molecular complexity index is 272. The molecule has 0 fully saturated rings. The maximum Gasteiger partial charge on any atom is 0.416 e. The van der Waals surface area contributed by atoms with Crippen LogP contribution in [0.4, 0.5) is 13.2 Å². The van der Waals surface area contributed by atoms with Crippen LogP contribution in [-0.4, -0.2) is 14.6 Å². The molecule has 0 atom stereocenters. The lowest BCUT2D eigenvalue weighted by atomic mass is 10.2. The van der Waals surface area contributed by atoms with Gasteiger partial charge in [-0.3, -0.25) is 0 Å². The van der Waals surface area contributed by atoms with Crippen LogP contribution in [0, 0.1) is 0 Å². The van der Waals surface area contributed by atoms with Gasteiger partial charge in [-0.05, 0) is 5.19 Å². The number of benzene rings is 1. The van der Waals surface area contributed by atoms with Gasteiger partial charge in [-0.2, -0.15) is 13.2 Å². The van der Waals surface area contributed by atoms with Crippen molar-refractivity contribution < 1.29 is 18.0 Å². The Kier molecular flexibility index (Phi) is 2.54. The summed E-state index contributed by atoms with van der Waals surface area (Å²) < 4.78 is 36.4. The molecule has 1 aromatic carbocycles. The normalized spacial score (nSPS) is 11.7. The van der Waals surface area contributed by atoms with Crippen molar-refractivity contribution in [3.05, 3.63) is 29.8 Å². The van der Waals surface area contributed by atoms with Gasteiger partial charge in [0, 0.05) is 0 Å². The molecule has 1 N–H and O–H groups in total. The van der Waals surface area contributed by atoms with E-state index in [1.54, 1.807) is 0 Å². The third-order valence-electron chi connectivity index (χ3n) is 1.35. The Labute approximate surface area is 69.8 Å². The largest absolute Gasteiger partial charge is 0.428 e. The zero-order valence-electron chi connectivity index (χ0n) is 5.89. The van der Waals surface area contributed by atoms with Crippen LogP contribution in [0.1, 0.15) is 5.56 Å². The zero-order valence-corrected chi connectivity index (χ0v) is 6.89. The van der Waals surface area contributed by atoms with Gasteiger partial charge in [-0.15, -0.1) is 0 Å². The van der Waals surface area contributed by atoms with E-state index in [9.17, 15) is 13.2 Å². The lowest BCUT2D eigenvalue weighted by molar-refractivity contribution is -0.136. The Morgan fingerprint density at radius 1 is 1.17 bits per heavy atom. The van der Waals surface area contributed by atoms with Gasteiger partial charge >= 0.3 is 6.18 Å². The molecule has 0 aliphatic carbocycles. The van der Waals surface area contributed by atoms with E-state index in [-0.39, 0.29) is 5.19 Å². The first-order chi connectivity index (χ1) is 5.55. The Balaban J connectivity index is 3.14. The molecule has 0 aliphatic rings. The van der Waals surface area contributed by atoms with Crippen molar-refractivity contribution in [1.82, 2.24) is 0 Å². The van der Waals surface area contributed by atoms with E-state index >= 15 is 0 Å². The smallest absolute Gasteiger partial charge is 0.416 e. The van der Waals surface area contributed by atoms with Gasteiger partial charge in [0.2, 0.25) is 0 Å². The summed E-state index contributed by atoms with van der Waals surface area (Å²) in [5.74, 6) is 0. The number of hydrogen-bond acceptors (Lipinski definition) is 1. The lowest BCUT2D eigenvalue weighted by Crippen LogP contribution is -2.24. The van der Waals surface area contributed by atoms with Crippen molar-refractivity contribution >= 4 is 14.9 Å². The Morgan fingerprint density at radius 3 is 2.17 bits per heavy atom. The van der Waals surface area contributed by atoms with Crippen LogP contribution in [0.2, 0.25) is 0 Å². The van der Waals surface area contributed by atoms with Crippen molar-refractivity contribution in [1.29, 1.82) is 0 Å². The summed E-state index contributed by atoms with van der Waals surface area (Å²) in [6, 6.07) is 4.99. The van der Waals surface area contributed by atoms with Crippen molar-refractivity contribution in [3.8, 4) is 0 Å². The number of hydrogen-bond donors (Lipinski definition) is 1. The molecule has 64 valence electrons. The van der Waals surface area contributed by atoms with E-state index in [2.05, 4.69) is 0 Å². The van der Waals surface area contributed by atoms with E-state index in [1.807, 2.05) is 0 Å². The number of rotatable bonds is 1. The SMILES string of the molecule is O[Si]c1ccccc1C(F)(F)F. The van der Waals surface area contributed by atoms with Crippen LogP contribution in [0.3, 0.4) is 0 Å². The van der Waals surface area contributed by atoms with Gasteiger partial charge in [0.25, 0.3) is 9.76 Å². The average Bonchev–Trinajstić information content (AvgIpc) is 2.03. The molecular formula is C7H5F3OSi. The van der Waals surface area contributed by atoms with Crippen molar-refractivity contribution in [3.63, 3.8) is 0 Å². The minimum atomic E-state index is -4.37. The molecule has 0 heterocycles. The predicted octanol–water partition coefficient (Wildman–Crippen LogP) is 0.942. The molecule has 1 rings (SSSR count). The van der Waals surface area contributed by atoms with Gasteiger partial charge in [-0.1, -0.05) is 24.3 Å². The maximum absolute atomic E-state index is 12.1. The first-order valence-corrected chi connectivity index (χ1v) is 4.07. The fourth-order valence-electron chi connectivity index (χ4n) is 0.828. The molecule has 0 spiro atoms. The number of halogens is 3. The minimum Gasteiger partial charge on any atom is -0.428 e. The maximum atomic E-state index is 12.1. The molecular weight excluding hydrogens is 185 g/mol. The summed E-state index contributed by atoms with van der Waals surface area (Å²) >= 11 is 0. The Hall–Kier alpha value is -0.813. The summed E-state index contributed by atoms with van der Waals surface area (Å²) in [6.45, 7) is 0. The van der Waals surface area contributed by atoms with Gasteiger partial charge in [0.15, 0.2) is 0 Å². The second-order valence-corrected chi connectivity index (χ2v) is 2.92. The quantitative estimate of drug-likeness (QED) is 0.653. The second kappa shape index (κ2) is 3.28. The van der Waals surface area contributed by atoms with Gasteiger partial charge in [-0.25, -0.2) is 0 Å². The summed E-state index contributed by atoms with van der Waals surface area (Å²) in [4.78, 5) is 8.61. The standard InChI is InChI=1S/C7H5F3OSi/c8-7(9,10)5-3-1-2-4-6(5)12-11/h1-4,11H. The number of alkyl halides is 3. The highest BCUT2D eigenvalue weighted by Gasteiger charge is 2.32. The lowest BCUT2D eigenvalue weighted by Gasteiger charge is -2.09. The molecule has 1 nitrogen and oxygen atoms in total. The van der Waals surface area contributed by atoms with Gasteiger partial charge < -0.3 is 4.80 Å². The first-order valence-electron chi connectivity index (χ1n) is 3.12. The van der Waals surface area contributed by atoms with Crippen LogP contribution < -0.4 is 5.19 Å². The van der Waals surface area contributed by atoms with E-state index in [4.69, 9.17) is 4.80 Å². The second-order valence-electron chi connectivity index (χ2n) is 2.16. The molecule has 0 saturated heterocycles. The van der Waals surface area contributed by atoms with E-state index in [1.165, 1.54) is 18.2 Å². The van der Waals surface area contributed by atoms with E-state index in [0.717, 1.165) is 6.07 Å². The molecule has 12 heavy (non-hydrogen) atoms. The fraction of sp³-hybridized carbons (Fsp3) is 0.143. The summed E-state index contributed by atoms with van der Waals surface area (Å²) in [5, 5.41) is -0.0648. The van der Waals surface area contributed by atoms with Crippen LogP contribution >= 0.6 is 0 Å². The van der Waals surface area contributed by atoms with Crippen LogP contribution in [0.25, 0.3) is 0 Å². The third-order valence-corrected chi connectivity index (χ3v) is 2.03. The molecule has 1 aromatic rings. The van der Waals surface area contributed by atoms with Crippen LogP contribution in [0.15, 0.2) is 24.3 Å². The summed E-state index contributed by atoms with van der Waals surface area (Å²) in [5.41, 5.74) is -0.758. The summed E-state index contributed by atoms with van der Waals surface area (Å²) in [6.07, 6.45) is -4.37. The molecule has 0 unspecified atom stereocenters. The third kappa shape index (κ3) is 1.86. The highest BCUT2D eigenvalue weighted by atomic mass is 28.2. The molecule has 0 aliphatic heterocycles. The Morgan fingerprint density at radius 2 is 1.75 bits per heavy atom. The molecule has 0 aromatic heterocycles. The molecule has 0 saturated carbocycles. The van der Waals surface area contributed by atoms with Crippen LogP contribution in [0.5, 0.6) is 0 Å². The topological polar surface area (TPSA) is 20.2 Å². The first kappa shape index (κ1) is 9.28. The highest BCUT2D eigenvalue weighted by molar-refractivity contribution is 6.46. The molecule has 5 heteroatoms. The summed E-state index contributed by atoms with van der Waals surface area (Å²) in [7, 11) is -0.818. The monoisotopic (exact) mass is 190 g/mol. The molecule has 0 bridgehead atoms. The highest BCUT2D eigenvalue weighted by Crippen LogP contribution is 2.27. The van der Waals surface area contributed by atoms with Crippen molar-refractivity contribution in [2.45, 2.75) is 6.18 Å². The average molecular weight is 190 g/mol. The van der Waals surface area contributed by atoms with Gasteiger partial charge in [0.05, 0.1) is 5.56 Å². The van der Waals surface area contributed by atoms with Crippen LogP contribution in [-0.2, 0) is 6.18 Å². The predicted molar refractivity (Wildman–Crippen MR) is 39.1 cm³/mol. The van der Waals surface area contributed by atoms with Gasteiger partial charge in [0.1, 0.15) is 0 Å². The van der Waals surface area contributed by atoms with Crippen molar-refractivity contribution in [2.75, 3.05) is 0 Å². The molecule has 2 radical (unpaired) electrons. The fourth-order valence-corrected chi connectivity index (χ4v) is 1.34. The van der Waals surface area contributed by atoms with Crippen molar-refractivity contribution in [2.24, 2.45) is 0 Å². The zero-order chi connectivity index (χ0) is 9.19. The minimum absolute atomic E-state index is 0.0648. The van der Waals surface area contributed by atoms with E-state index < -0.39 is 21.5 Å². The van der Waals surface area contributed by atoms with E-state index in [0.29, 0.717) is 0 Å².